The van der Waals surface area contributed by atoms with E-state index in [9.17, 15) is 24.3 Å². The van der Waals surface area contributed by atoms with E-state index in [4.69, 9.17) is 9.72 Å². The molecular weight excluding hydrogens is 1040 g/mol. The maximum Gasteiger partial charge on any atom is 0.319 e. The molecule has 4 N–H and O–H groups in total. The zero-order valence-electron chi connectivity index (χ0n) is 46.6. The highest BCUT2D eigenvalue weighted by Gasteiger charge is 2.42. The predicted molar refractivity (Wildman–Crippen MR) is 306 cm³/mol. The van der Waals surface area contributed by atoms with Crippen LogP contribution in [0.25, 0.3) is 43.4 Å². The second-order valence-corrected chi connectivity index (χ2v) is 24.1. The van der Waals surface area contributed by atoms with Crippen LogP contribution in [-0.4, -0.2) is 121 Å². The summed E-state index contributed by atoms with van der Waals surface area (Å²) >= 11 is 1.59. The number of benzene rings is 3. The van der Waals surface area contributed by atoms with E-state index >= 15 is 8.78 Å². The summed E-state index contributed by atoms with van der Waals surface area (Å²) in [4.78, 5) is 80.0. The average molecular weight is 1110 g/mol. The third kappa shape index (κ3) is 12.4. The summed E-state index contributed by atoms with van der Waals surface area (Å²) in [7, 11) is 0. The van der Waals surface area contributed by atoms with E-state index in [0.29, 0.717) is 98.8 Å². The number of nitrogens with zero attached hydrogens (tertiary/aromatic N) is 7. The lowest BCUT2D eigenvalue weighted by Gasteiger charge is -2.35. The van der Waals surface area contributed by atoms with Crippen LogP contribution in [-0.2, 0) is 32.1 Å². The van der Waals surface area contributed by atoms with Gasteiger partial charge in [-0.25, -0.2) is 13.8 Å². The first-order valence-electron chi connectivity index (χ1n) is 28.7. The summed E-state index contributed by atoms with van der Waals surface area (Å²) in [5.41, 5.74) is 4.85. The predicted octanol–water partition coefficient (Wildman–Crippen LogP) is 9.70. The molecule has 7 heterocycles. The van der Waals surface area contributed by atoms with E-state index in [1.54, 1.807) is 28.5 Å². The van der Waals surface area contributed by atoms with Crippen molar-refractivity contribution >= 4 is 62.5 Å². The Morgan fingerprint density at radius 2 is 1.61 bits per heavy atom. The molecule has 6 aromatic rings. The van der Waals surface area contributed by atoms with Gasteiger partial charge in [0.05, 0.1) is 27.5 Å². The number of ether oxygens (including phenoxy) is 1. The number of aryl methyl sites for hydroxylation is 2. The largest absolute Gasteiger partial charge is 0.508 e. The number of pyridine rings is 1. The number of thiazole rings is 1. The Hall–Kier alpha value is -6.86. The molecule has 4 fully saturated rings. The van der Waals surface area contributed by atoms with Gasteiger partial charge >= 0.3 is 6.01 Å². The number of likely N-dealkylation sites (tertiary alicyclic amines) is 2. The van der Waals surface area contributed by atoms with Crippen molar-refractivity contribution in [3.8, 4) is 33.5 Å². The number of phenols is 1. The van der Waals surface area contributed by atoms with E-state index in [0.717, 1.165) is 66.6 Å². The van der Waals surface area contributed by atoms with Crippen LogP contribution in [0.3, 0.4) is 0 Å². The van der Waals surface area contributed by atoms with Crippen molar-refractivity contribution < 1.29 is 37.8 Å². The van der Waals surface area contributed by atoms with Gasteiger partial charge in [-0.05, 0) is 116 Å². The highest BCUT2D eigenvalue weighted by atomic mass is 32.1. The summed E-state index contributed by atoms with van der Waals surface area (Å²) < 4.78 is 38.7. The van der Waals surface area contributed by atoms with Gasteiger partial charge in [0, 0.05) is 69.4 Å². The molecule has 0 spiro atoms. The number of unbranched alkanes of at least 4 members (excludes halogenated alkanes) is 4. The second-order valence-electron chi connectivity index (χ2n) is 23.2. The number of nitrogens with one attached hydrogen (secondary N) is 3. The van der Waals surface area contributed by atoms with Crippen molar-refractivity contribution in [2.45, 2.75) is 161 Å². The second kappa shape index (κ2) is 24.5. The van der Waals surface area contributed by atoms with Crippen molar-refractivity contribution in [1.82, 2.24) is 45.7 Å². The summed E-state index contributed by atoms with van der Waals surface area (Å²) in [5.74, 6) is -1.36. The van der Waals surface area contributed by atoms with Crippen LogP contribution >= 0.6 is 11.3 Å². The van der Waals surface area contributed by atoms with Crippen LogP contribution in [0.15, 0.2) is 60.2 Å². The topological polar surface area (TPSA) is 195 Å². The lowest BCUT2D eigenvalue weighted by Crippen LogP contribution is -2.57. The van der Waals surface area contributed by atoms with Gasteiger partial charge in [0.25, 0.3) is 0 Å². The summed E-state index contributed by atoms with van der Waals surface area (Å²) in [6, 6.07) is 12.8. The number of hydrogen-bond donors (Lipinski definition) is 4. The molecule has 10 rings (SSSR count). The Morgan fingerprint density at radius 1 is 0.887 bits per heavy atom. The van der Waals surface area contributed by atoms with Crippen molar-refractivity contribution in [3.63, 3.8) is 0 Å². The molecule has 3 aromatic heterocycles. The first-order valence-corrected chi connectivity index (χ1v) is 29.5. The average Bonchev–Trinajstić information content (AvgIpc) is 4.34. The number of aromatic hydroxyl groups is 1. The van der Waals surface area contributed by atoms with Gasteiger partial charge in [0.2, 0.25) is 23.6 Å². The molecule has 424 valence electrons. The first kappa shape index (κ1) is 56.4. The minimum absolute atomic E-state index is 0.00200. The summed E-state index contributed by atoms with van der Waals surface area (Å²) in [6.45, 7) is 12.4. The molecule has 4 aliphatic rings. The molecule has 3 aromatic carbocycles. The molecule has 3 unspecified atom stereocenters. The fourth-order valence-electron chi connectivity index (χ4n) is 12.3. The van der Waals surface area contributed by atoms with E-state index in [-0.39, 0.29) is 83.3 Å². The number of carbonyl (C=O) groups excluding carboxylic acids is 4. The Morgan fingerprint density at radius 3 is 2.34 bits per heavy atom. The molecular formula is C61H74F2N10O6S. The number of rotatable bonds is 20. The highest BCUT2D eigenvalue weighted by molar-refractivity contribution is 7.13. The molecule has 16 nitrogen and oxygen atoms in total. The Balaban J connectivity index is 0.704. The first-order chi connectivity index (χ1) is 38.5. The van der Waals surface area contributed by atoms with Crippen LogP contribution in [0.4, 0.5) is 14.6 Å². The van der Waals surface area contributed by atoms with Gasteiger partial charge in [-0.1, -0.05) is 77.3 Å². The molecule has 4 saturated heterocycles. The molecule has 0 aliphatic carbocycles. The number of carbonyl (C=O) groups is 4. The van der Waals surface area contributed by atoms with Gasteiger partial charge in [-0.3, -0.25) is 24.2 Å². The monoisotopic (exact) mass is 1110 g/mol. The van der Waals surface area contributed by atoms with Crippen molar-refractivity contribution in [1.29, 1.82) is 0 Å². The number of fused-ring (bicyclic) bond motifs is 4. The van der Waals surface area contributed by atoms with Gasteiger partial charge in [-0.2, -0.15) is 9.97 Å². The van der Waals surface area contributed by atoms with Crippen LogP contribution in [0.1, 0.15) is 128 Å². The number of phenolic OH excluding ortho intramolecular Hbond substituents is 1. The fourth-order valence-corrected chi connectivity index (χ4v) is 13.1. The molecule has 2 bridgehead atoms. The van der Waals surface area contributed by atoms with Gasteiger partial charge in [-0.15, -0.1) is 11.3 Å². The van der Waals surface area contributed by atoms with Crippen LogP contribution < -0.4 is 25.6 Å². The Labute approximate surface area is 470 Å². The Bertz CT molecular complexity index is 3250. The standard InChI is InChI=1S/C61H74F2N10O6S/c1-6-44-47(62)25-22-39-28-43(74)29-45(51(39)44)53-52(63)54-46(31-64-53)57(71-32-40-23-24-41(33-71)67-40)70-60(69-54)79-34-42-14-12-26-72(42)50(76)17-11-9-7-8-10-16-49(75)68-56(61(3,4)5)59(78)73-27-13-15-48(73)58(77)65-30-37-18-20-38(21-19-37)55-36(2)66-35-80-55/h18-22,25,28-29,31,35,40-42,48,56,67,74H,6-17,23-24,26-27,30,32-34H2,1-5H3,(H,65,77)(H,68,75)/t40?,41?,42-,48-,56?/m0/s1. The maximum absolute atomic E-state index is 17.2. The molecule has 4 aliphatic heterocycles. The number of piperazine rings is 1. The quantitative estimate of drug-likeness (QED) is 0.0530. The molecule has 5 atom stereocenters. The molecule has 0 radical (unpaired) electrons. The minimum atomic E-state index is -0.794. The number of aromatic nitrogens is 4. The SMILES string of the molecule is CCc1c(F)ccc2cc(O)cc(-c3ncc4c(N5CC6CCC(C5)N6)nc(OC[C@@H]5CCCN5C(=O)CCCCCCCC(=O)NC(C(=O)N5CCC[C@H]5C(=O)NCc5ccc(-c6scnc6C)cc5)C(C)(C)C)nc4c3F)c12. The van der Waals surface area contributed by atoms with Crippen molar-refractivity contribution in [2.75, 3.05) is 37.7 Å². The maximum atomic E-state index is 17.2. The van der Waals surface area contributed by atoms with Gasteiger partial charge in [0.1, 0.15) is 47.3 Å². The third-order valence-corrected chi connectivity index (χ3v) is 17.5. The van der Waals surface area contributed by atoms with E-state index in [1.165, 1.54) is 18.2 Å². The normalized spacial score (nSPS) is 19.5. The molecule has 80 heavy (non-hydrogen) atoms. The van der Waals surface area contributed by atoms with Gasteiger partial charge < -0.3 is 40.5 Å². The molecule has 4 amide bonds. The lowest BCUT2D eigenvalue weighted by molar-refractivity contribution is -0.143. The highest BCUT2D eigenvalue weighted by Crippen LogP contribution is 2.40. The minimum Gasteiger partial charge on any atom is -0.508 e. The smallest absolute Gasteiger partial charge is 0.319 e. The number of amides is 4. The Kier molecular flexibility index (Phi) is 17.3. The summed E-state index contributed by atoms with van der Waals surface area (Å²) in [6.07, 6.45) is 11.2. The zero-order valence-corrected chi connectivity index (χ0v) is 47.4. The van der Waals surface area contributed by atoms with Crippen LogP contribution in [0.2, 0.25) is 0 Å². The zero-order chi connectivity index (χ0) is 56.2. The number of hydrogen-bond acceptors (Lipinski definition) is 13. The summed E-state index contributed by atoms with van der Waals surface area (Å²) in [5, 5.41) is 21.9. The molecule has 19 heteroatoms. The van der Waals surface area contributed by atoms with Crippen molar-refractivity contribution in [2.24, 2.45) is 5.41 Å². The van der Waals surface area contributed by atoms with E-state index < -0.39 is 29.1 Å². The van der Waals surface area contributed by atoms with E-state index in [2.05, 4.69) is 35.8 Å². The van der Waals surface area contributed by atoms with Crippen molar-refractivity contribution in [3.05, 3.63) is 88.7 Å². The molecule has 0 saturated carbocycles. The third-order valence-electron chi connectivity index (χ3n) is 16.5. The van der Waals surface area contributed by atoms with Gasteiger partial charge in [0.15, 0.2) is 5.82 Å². The number of anilines is 1. The van der Waals surface area contributed by atoms with Crippen LogP contribution in [0, 0.1) is 24.0 Å². The van der Waals surface area contributed by atoms with Crippen LogP contribution in [0.5, 0.6) is 11.8 Å². The van der Waals surface area contributed by atoms with E-state index in [1.807, 2.05) is 69.3 Å². The lowest BCUT2D eigenvalue weighted by atomic mass is 9.85. The number of halogens is 2. The fraction of sp³-hybridized carbons (Fsp3) is 0.508.